The van der Waals surface area contributed by atoms with Crippen molar-refractivity contribution in [2.24, 2.45) is 0 Å². The van der Waals surface area contributed by atoms with Crippen LogP contribution in [0.25, 0.3) is 0 Å². The highest BCUT2D eigenvalue weighted by molar-refractivity contribution is 5.20. The molecule has 18 heavy (non-hydrogen) atoms. The van der Waals surface area contributed by atoms with Crippen LogP contribution < -0.4 is 10.1 Å². The number of para-hydroxylation sites is 1. The molecule has 1 aliphatic rings. The van der Waals surface area contributed by atoms with E-state index in [2.05, 4.69) is 5.32 Å². The Morgan fingerprint density at radius 2 is 1.94 bits per heavy atom. The van der Waals surface area contributed by atoms with Crippen LogP contribution in [0.5, 0.6) is 5.75 Å². The average Bonchev–Trinajstić information content (AvgIpc) is 2.42. The summed E-state index contributed by atoms with van der Waals surface area (Å²) in [5, 5.41) is 13.2. The lowest BCUT2D eigenvalue weighted by molar-refractivity contribution is 0.0903. The van der Waals surface area contributed by atoms with Gasteiger partial charge in [-0.15, -0.1) is 0 Å². The fourth-order valence-corrected chi connectivity index (χ4v) is 2.42. The van der Waals surface area contributed by atoms with E-state index in [1.54, 1.807) is 0 Å². The third kappa shape index (κ3) is 4.31. The van der Waals surface area contributed by atoms with E-state index in [4.69, 9.17) is 4.74 Å². The van der Waals surface area contributed by atoms with Crippen molar-refractivity contribution in [1.29, 1.82) is 0 Å². The molecule has 1 saturated carbocycles. The topological polar surface area (TPSA) is 41.5 Å². The summed E-state index contributed by atoms with van der Waals surface area (Å²) in [6.07, 6.45) is 5.25. The summed E-state index contributed by atoms with van der Waals surface area (Å²) < 4.78 is 5.62. The molecule has 0 aliphatic heterocycles. The molecule has 0 amide bonds. The molecule has 0 spiro atoms. The number of hydrogen-bond donors (Lipinski definition) is 2. The number of aliphatic hydroxyl groups is 1. The van der Waals surface area contributed by atoms with Gasteiger partial charge in [-0.2, -0.15) is 0 Å². The SMILES string of the molecule is OC1CCCCC1NCCCOc1ccccc1. The van der Waals surface area contributed by atoms with Crippen molar-refractivity contribution in [3.63, 3.8) is 0 Å². The molecule has 2 rings (SSSR count). The zero-order valence-electron chi connectivity index (χ0n) is 10.8. The summed E-state index contributed by atoms with van der Waals surface area (Å²) >= 11 is 0. The lowest BCUT2D eigenvalue weighted by Gasteiger charge is -2.28. The molecule has 2 N–H and O–H groups in total. The van der Waals surface area contributed by atoms with Crippen LogP contribution in [0, 0.1) is 0 Å². The lowest BCUT2D eigenvalue weighted by Crippen LogP contribution is -2.42. The van der Waals surface area contributed by atoms with Gasteiger partial charge in [-0.3, -0.25) is 0 Å². The van der Waals surface area contributed by atoms with Crippen LogP contribution in [0.3, 0.4) is 0 Å². The summed E-state index contributed by atoms with van der Waals surface area (Å²) in [5.41, 5.74) is 0. The molecule has 0 heterocycles. The van der Waals surface area contributed by atoms with Gasteiger partial charge in [0.1, 0.15) is 5.75 Å². The summed E-state index contributed by atoms with van der Waals surface area (Å²) in [6, 6.07) is 10.2. The van der Waals surface area contributed by atoms with Gasteiger partial charge in [0.05, 0.1) is 12.7 Å². The molecule has 1 aromatic rings. The van der Waals surface area contributed by atoms with E-state index in [0.717, 1.165) is 44.6 Å². The van der Waals surface area contributed by atoms with Crippen LogP contribution in [0.4, 0.5) is 0 Å². The number of ether oxygens (including phenoxy) is 1. The summed E-state index contributed by atoms with van der Waals surface area (Å²) in [7, 11) is 0. The first-order valence-corrected chi connectivity index (χ1v) is 6.95. The van der Waals surface area contributed by atoms with Crippen LogP contribution in [0.2, 0.25) is 0 Å². The zero-order valence-corrected chi connectivity index (χ0v) is 10.8. The Morgan fingerprint density at radius 1 is 1.17 bits per heavy atom. The van der Waals surface area contributed by atoms with E-state index in [1.165, 1.54) is 6.42 Å². The van der Waals surface area contributed by atoms with Gasteiger partial charge in [-0.05, 0) is 37.9 Å². The monoisotopic (exact) mass is 249 g/mol. The Morgan fingerprint density at radius 3 is 2.72 bits per heavy atom. The van der Waals surface area contributed by atoms with Crippen LogP contribution in [0.15, 0.2) is 30.3 Å². The summed E-state index contributed by atoms with van der Waals surface area (Å²) in [4.78, 5) is 0. The fourth-order valence-electron chi connectivity index (χ4n) is 2.42. The van der Waals surface area contributed by atoms with Gasteiger partial charge in [0.15, 0.2) is 0 Å². The van der Waals surface area contributed by atoms with Crippen molar-refractivity contribution < 1.29 is 9.84 Å². The standard InChI is InChI=1S/C15H23NO2/c17-15-10-5-4-9-14(15)16-11-6-12-18-13-7-2-1-3-8-13/h1-3,7-8,14-17H,4-6,9-12H2. The molecule has 2 unspecified atom stereocenters. The fraction of sp³-hybridized carbons (Fsp3) is 0.600. The minimum Gasteiger partial charge on any atom is -0.494 e. The molecule has 1 aliphatic carbocycles. The van der Waals surface area contributed by atoms with E-state index >= 15 is 0 Å². The maximum atomic E-state index is 9.81. The Hall–Kier alpha value is -1.06. The Balaban J connectivity index is 1.56. The van der Waals surface area contributed by atoms with Gasteiger partial charge in [0.2, 0.25) is 0 Å². The van der Waals surface area contributed by atoms with Crippen LogP contribution in [-0.4, -0.2) is 30.4 Å². The molecular formula is C15H23NO2. The first kappa shape index (κ1) is 13.4. The highest BCUT2D eigenvalue weighted by Crippen LogP contribution is 2.18. The van der Waals surface area contributed by atoms with Crippen molar-refractivity contribution in [3.05, 3.63) is 30.3 Å². The maximum Gasteiger partial charge on any atom is 0.119 e. The third-order valence-electron chi connectivity index (χ3n) is 3.47. The largest absolute Gasteiger partial charge is 0.494 e. The molecule has 1 fully saturated rings. The van der Waals surface area contributed by atoms with Gasteiger partial charge >= 0.3 is 0 Å². The van der Waals surface area contributed by atoms with Crippen molar-refractivity contribution in [2.45, 2.75) is 44.2 Å². The van der Waals surface area contributed by atoms with Gasteiger partial charge < -0.3 is 15.2 Å². The number of nitrogens with one attached hydrogen (secondary N) is 1. The average molecular weight is 249 g/mol. The molecule has 0 saturated heterocycles. The zero-order chi connectivity index (χ0) is 12.6. The second-order valence-corrected chi connectivity index (χ2v) is 4.93. The highest BCUT2D eigenvalue weighted by atomic mass is 16.5. The third-order valence-corrected chi connectivity index (χ3v) is 3.47. The molecule has 3 nitrogen and oxygen atoms in total. The van der Waals surface area contributed by atoms with Crippen LogP contribution in [-0.2, 0) is 0 Å². The Labute approximate surface area is 109 Å². The normalized spacial score (nSPS) is 23.8. The van der Waals surface area contributed by atoms with Gasteiger partial charge in [0.25, 0.3) is 0 Å². The number of benzene rings is 1. The van der Waals surface area contributed by atoms with Crippen molar-refractivity contribution in [2.75, 3.05) is 13.2 Å². The first-order valence-electron chi connectivity index (χ1n) is 6.95. The molecule has 100 valence electrons. The first-order chi connectivity index (χ1) is 8.86. The number of rotatable bonds is 6. The predicted octanol–water partition coefficient (Wildman–Crippen LogP) is 2.35. The quantitative estimate of drug-likeness (QED) is 0.760. The van der Waals surface area contributed by atoms with Gasteiger partial charge in [-0.1, -0.05) is 31.0 Å². The van der Waals surface area contributed by atoms with Crippen molar-refractivity contribution in [1.82, 2.24) is 5.32 Å². The Kier molecular flexibility index (Phi) is 5.49. The predicted molar refractivity (Wildman–Crippen MR) is 72.8 cm³/mol. The second kappa shape index (κ2) is 7.39. The minimum absolute atomic E-state index is 0.159. The van der Waals surface area contributed by atoms with E-state index in [1.807, 2.05) is 30.3 Å². The van der Waals surface area contributed by atoms with E-state index in [0.29, 0.717) is 0 Å². The number of hydrogen-bond acceptors (Lipinski definition) is 3. The van der Waals surface area contributed by atoms with Crippen LogP contribution >= 0.6 is 0 Å². The molecular weight excluding hydrogens is 226 g/mol. The van der Waals surface area contributed by atoms with Crippen LogP contribution in [0.1, 0.15) is 32.1 Å². The number of aliphatic hydroxyl groups excluding tert-OH is 1. The molecule has 0 bridgehead atoms. The molecule has 1 aromatic carbocycles. The van der Waals surface area contributed by atoms with Crippen molar-refractivity contribution >= 4 is 0 Å². The smallest absolute Gasteiger partial charge is 0.119 e. The second-order valence-electron chi connectivity index (χ2n) is 4.93. The van der Waals surface area contributed by atoms with Gasteiger partial charge in [0, 0.05) is 6.04 Å². The molecule has 0 aromatic heterocycles. The minimum atomic E-state index is -0.159. The van der Waals surface area contributed by atoms with E-state index < -0.39 is 0 Å². The summed E-state index contributed by atoms with van der Waals surface area (Å²) in [6.45, 7) is 1.63. The van der Waals surface area contributed by atoms with E-state index in [9.17, 15) is 5.11 Å². The highest BCUT2D eigenvalue weighted by Gasteiger charge is 2.21. The summed E-state index contributed by atoms with van der Waals surface area (Å²) in [5.74, 6) is 0.926. The van der Waals surface area contributed by atoms with E-state index in [-0.39, 0.29) is 12.1 Å². The Bertz CT molecular complexity index is 329. The maximum absolute atomic E-state index is 9.81. The lowest BCUT2D eigenvalue weighted by atomic mass is 9.92. The van der Waals surface area contributed by atoms with Crippen molar-refractivity contribution in [3.8, 4) is 5.75 Å². The molecule has 2 atom stereocenters. The molecule has 3 heteroatoms. The van der Waals surface area contributed by atoms with Gasteiger partial charge in [-0.25, -0.2) is 0 Å². The molecule has 0 radical (unpaired) electrons.